The Morgan fingerprint density at radius 2 is 1.42 bits per heavy atom. The third kappa shape index (κ3) is 3.26. The van der Waals surface area contributed by atoms with Crippen molar-refractivity contribution in [2.24, 2.45) is 5.92 Å². The Balaban J connectivity index is 3.17. The maximum atomic E-state index is 12.2. The molecule has 4 nitrogen and oxygen atoms in total. The lowest BCUT2D eigenvalue weighted by atomic mass is 10.0. The van der Waals surface area contributed by atoms with Crippen molar-refractivity contribution < 1.29 is 45.5 Å². The number of ketones is 1. The van der Waals surface area contributed by atoms with Crippen molar-refractivity contribution in [2.75, 3.05) is 0 Å². The molecule has 1 aromatic heterocycles. The summed E-state index contributed by atoms with van der Waals surface area (Å²) in [5, 5.41) is 8.39. The van der Waals surface area contributed by atoms with Gasteiger partial charge in [-0.1, -0.05) is 0 Å². The van der Waals surface area contributed by atoms with Crippen LogP contribution in [0.2, 0.25) is 0 Å². The molecule has 0 fully saturated rings. The van der Waals surface area contributed by atoms with Gasteiger partial charge in [-0.05, 0) is 12.1 Å². The number of furan rings is 1. The van der Waals surface area contributed by atoms with Crippen LogP contribution in [0.15, 0.2) is 16.5 Å². The van der Waals surface area contributed by atoms with Crippen molar-refractivity contribution >= 4 is 11.8 Å². The van der Waals surface area contributed by atoms with Crippen molar-refractivity contribution in [3.8, 4) is 0 Å². The second-order valence-electron chi connectivity index (χ2n) is 3.35. The van der Waals surface area contributed by atoms with Gasteiger partial charge in [-0.25, -0.2) is 4.79 Å². The first-order valence-electron chi connectivity index (χ1n) is 4.45. The standard InChI is InChI=1S/C9H4F6O4/c10-8(11,12)6(9(13,14)15)5(16)3-1-2-4(19-3)7(17)18/h1-2,6H,(H,17,18). The molecular weight excluding hydrogens is 286 g/mol. The van der Waals surface area contributed by atoms with Crippen molar-refractivity contribution in [2.45, 2.75) is 12.4 Å². The number of carbonyl (C=O) groups excluding carboxylic acids is 1. The Morgan fingerprint density at radius 3 is 1.74 bits per heavy atom. The average Bonchev–Trinajstić information content (AvgIpc) is 2.60. The van der Waals surface area contributed by atoms with Gasteiger partial charge < -0.3 is 9.52 Å². The quantitative estimate of drug-likeness (QED) is 0.686. The molecule has 10 heteroatoms. The second kappa shape index (κ2) is 4.59. The predicted molar refractivity (Wildman–Crippen MR) is 45.6 cm³/mol. The lowest BCUT2D eigenvalue weighted by Crippen LogP contribution is -2.42. The van der Waals surface area contributed by atoms with E-state index < -0.39 is 41.5 Å². The van der Waals surface area contributed by atoms with Crippen LogP contribution in [0.3, 0.4) is 0 Å². The zero-order valence-electron chi connectivity index (χ0n) is 8.67. The summed E-state index contributed by atoms with van der Waals surface area (Å²) in [5.74, 6) is -10.6. The first-order valence-corrected chi connectivity index (χ1v) is 4.45. The van der Waals surface area contributed by atoms with Crippen LogP contribution in [-0.2, 0) is 0 Å². The van der Waals surface area contributed by atoms with Crippen LogP contribution in [0.25, 0.3) is 0 Å². The minimum absolute atomic E-state index is 0.441. The average molecular weight is 290 g/mol. The molecule has 0 unspecified atom stereocenters. The zero-order valence-corrected chi connectivity index (χ0v) is 8.67. The Kier molecular flexibility index (Phi) is 3.64. The molecular formula is C9H4F6O4. The van der Waals surface area contributed by atoms with E-state index in [2.05, 4.69) is 4.42 Å². The lowest BCUT2D eigenvalue weighted by Gasteiger charge is -2.20. The second-order valence-corrected chi connectivity index (χ2v) is 3.35. The van der Waals surface area contributed by atoms with Gasteiger partial charge in [0.1, 0.15) is 0 Å². The van der Waals surface area contributed by atoms with Gasteiger partial charge in [0.2, 0.25) is 17.5 Å². The molecule has 0 aromatic carbocycles. The van der Waals surface area contributed by atoms with Crippen molar-refractivity contribution in [1.29, 1.82) is 0 Å². The van der Waals surface area contributed by atoms with Gasteiger partial charge in [0.05, 0.1) is 0 Å². The highest BCUT2D eigenvalue weighted by Crippen LogP contribution is 2.41. The van der Waals surface area contributed by atoms with Gasteiger partial charge in [0, 0.05) is 0 Å². The molecule has 0 spiro atoms. The van der Waals surface area contributed by atoms with E-state index in [1.807, 2.05) is 0 Å². The summed E-state index contributed by atoms with van der Waals surface area (Å²) >= 11 is 0. The number of rotatable bonds is 3. The smallest absolute Gasteiger partial charge is 0.407 e. The first-order chi connectivity index (χ1) is 8.44. The van der Waals surface area contributed by atoms with Crippen LogP contribution >= 0.6 is 0 Å². The molecule has 0 bridgehead atoms. The number of alkyl halides is 6. The Labute approximate surface area is 100 Å². The molecule has 0 saturated heterocycles. The molecule has 1 rings (SSSR count). The highest BCUT2D eigenvalue weighted by molar-refractivity contribution is 5.97. The van der Waals surface area contributed by atoms with E-state index in [4.69, 9.17) is 5.11 Å². The van der Waals surface area contributed by atoms with Gasteiger partial charge in [-0.15, -0.1) is 0 Å². The summed E-state index contributed by atoms with van der Waals surface area (Å²) in [4.78, 5) is 21.5. The van der Waals surface area contributed by atoms with E-state index in [1.54, 1.807) is 0 Å². The van der Waals surface area contributed by atoms with Crippen LogP contribution in [0, 0.1) is 5.92 Å². The predicted octanol–water partition coefficient (Wildman–Crippen LogP) is 2.90. The van der Waals surface area contributed by atoms with Crippen LogP contribution < -0.4 is 0 Å². The van der Waals surface area contributed by atoms with Crippen LogP contribution in [0.1, 0.15) is 21.1 Å². The number of Topliss-reactive ketones (excluding diaryl/α,β-unsaturated/α-hetero) is 1. The monoisotopic (exact) mass is 290 g/mol. The van der Waals surface area contributed by atoms with Crippen LogP contribution in [0.5, 0.6) is 0 Å². The third-order valence-corrected chi connectivity index (χ3v) is 1.98. The number of carbonyl (C=O) groups is 2. The van der Waals surface area contributed by atoms with Crippen molar-refractivity contribution in [3.63, 3.8) is 0 Å². The van der Waals surface area contributed by atoms with Gasteiger partial charge >= 0.3 is 18.3 Å². The molecule has 106 valence electrons. The van der Waals surface area contributed by atoms with Gasteiger partial charge in [0.15, 0.2) is 5.76 Å². The number of halogens is 6. The molecule has 1 N–H and O–H groups in total. The molecule has 0 atom stereocenters. The van der Waals surface area contributed by atoms with E-state index in [1.165, 1.54) is 0 Å². The Morgan fingerprint density at radius 1 is 1.00 bits per heavy atom. The van der Waals surface area contributed by atoms with Crippen molar-refractivity contribution in [1.82, 2.24) is 0 Å². The lowest BCUT2D eigenvalue weighted by molar-refractivity contribution is -0.265. The van der Waals surface area contributed by atoms with E-state index in [0.717, 1.165) is 0 Å². The van der Waals surface area contributed by atoms with Gasteiger partial charge in [-0.3, -0.25) is 4.79 Å². The Bertz CT molecular complexity index is 484. The SMILES string of the molecule is O=C(O)c1ccc(C(=O)C(C(F)(F)F)C(F)(F)F)o1. The molecule has 0 aliphatic carbocycles. The highest BCUT2D eigenvalue weighted by atomic mass is 19.4. The highest BCUT2D eigenvalue weighted by Gasteiger charge is 2.61. The topological polar surface area (TPSA) is 67.5 Å². The number of hydrogen-bond acceptors (Lipinski definition) is 3. The Hall–Kier alpha value is -2.00. The molecule has 0 radical (unpaired) electrons. The molecule has 19 heavy (non-hydrogen) atoms. The number of hydrogen-bond donors (Lipinski definition) is 1. The maximum Gasteiger partial charge on any atom is 0.407 e. The number of carboxylic acid groups (broad SMARTS) is 1. The summed E-state index contributed by atoms with van der Waals surface area (Å²) in [7, 11) is 0. The zero-order chi connectivity index (χ0) is 15.0. The van der Waals surface area contributed by atoms with E-state index in [0.29, 0.717) is 12.1 Å². The molecule has 0 aliphatic heterocycles. The number of aromatic carboxylic acids is 1. The molecule has 1 aromatic rings. The first kappa shape index (κ1) is 15.1. The van der Waals surface area contributed by atoms with E-state index in [9.17, 15) is 35.9 Å². The molecule has 0 aliphatic rings. The van der Waals surface area contributed by atoms with Crippen LogP contribution in [0.4, 0.5) is 26.3 Å². The summed E-state index contributed by atoms with van der Waals surface area (Å²) in [6.45, 7) is 0. The summed E-state index contributed by atoms with van der Waals surface area (Å²) in [5.41, 5.74) is 0. The number of carboxylic acids is 1. The van der Waals surface area contributed by atoms with Crippen molar-refractivity contribution in [3.05, 3.63) is 23.7 Å². The summed E-state index contributed by atoms with van der Waals surface area (Å²) < 4.78 is 77.4. The fraction of sp³-hybridized carbons (Fsp3) is 0.333. The fourth-order valence-corrected chi connectivity index (χ4v) is 1.21. The molecule has 0 amide bonds. The molecule has 0 saturated carbocycles. The normalized spacial score (nSPS) is 12.8. The minimum Gasteiger partial charge on any atom is -0.475 e. The van der Waals surface area contributed by atoms with E-state index >= 15 is 0 Å². The van der Waals surface area contributed by atoms with Gasteiger partial charge in [-0.2, -0.15) is 26.3 Å². The van der Waals surface area contributed by atoms with Gasteiger partial charge in [0.25, 0.3) is 0 Å². The minimum atomic E-state index is -5.86. The van der Waals surface area contributed by atoms with Crippen LogP contribution in [-0.4, -0.2) is 29.2 Å². The van der Waals surface area contributed by atoms with E-state index in [-0.39, 0.29) is 0 Å². The summed E-state index contributed by atoms with van der Waals surface area (Å²) in [6, 6.07) is 1.02. The third-order valence-electron chi connectivity index (χ3n) is 1.98. The fourth-order valence-electron chi connectivity index (χ4n) is 1.21. The maximum absolute atomic E-state index is 12.2. The summed E-state index contributed by atoms with van der Waals surface area (Å²) in [6.07, 6.45) is -11.7. The largest absolute Gasteiger partial charge is 0.475 e. The molecule has 1 heterocycles.